The first-order valence-electron chi connectivity index (χ1n) is 11.5. The molecule has 0 amide bonds. The molecule has 2 aliphatic rings. The van der Waals surface area contributed by atoms with Gasteiger partial charge in [0.1, 0.15) is 0 Å². The van der Waals surface area contributed by atoms with Gasteiger partial charge in [0.15, 0.2) is 9.84 Å². The molecule has 2 fully saturated rings. The van der Waals surface area contributed by atoms with E-state index in [0.717, 1.165) is 31.6 Å². The monoisotopic (exact) mass is 405 g/mol. The third-order valence-corrected chi connectivity index (χ3v) is 9.62. The van der Waals surface area contributed by atoms with Gasteiger partial charge in [0.25, 0.3) is 0 Å². The second-order valence-corrected chi connectivity index (χ2v) is 11.7. The fourth-order valence-corrected chi connectivity index (χ4v) is 6.66. The molecule has 1 aromatic carbocycles. The van der Waals surface area contributed by atoms with E-state index in [2.05, 4.69) is 29.2 Å². The molecule has 1 saturated carbocycles. The summed E-state index contributed by atoms with van der Waals surface area (Å²) in [5, 5.41) is -0.182. The van der Waals surface area contributed by atoms with Crippen LogP contribution in [0.5, 0.6) is 0 Å². The van der Waals surface area contributed by atoms with Gasteiger partial charge in [-0.2, -0.15) is 0 Å². The molecule has 1 saturated heterocycles. The summed E-state index contributed by atoms with van der Waals surface area (Å²) in [5.74, 6) is 1.57. The van der Waals surface area contributed by atoms with Crippen LogP contribution in [-0.4, -0.2) is 32.5 Å². The summed E-state index contributed by atoms with van der Waals surface area (Å²) >= 11 is 0. The lowest BCUT2D eigenvalue weighted by Crippen LogP contribution is -2.29. The number of piperidine rings is 1. The minimum atomic E-state index is -2.90. The van der Waals surface area contributed by atoms with Crippen LogP contribution in [0.1, 0.15) is 77.2 Å². The summed E-state index contributed by atoms with van der Waals surface area (Å²) in [6.07, 6.45) is 11.7. The molecular formula is C24H39NO2S. The molecule has 1 heterocycles. The van der Waals surface area contributed by atoms with Gasteiger partial charge in [0, 0.05) is 18.8 Å². The molecule has 0 spiro atoms. The normalized spacial score (nSPS) is 24.9. The van der Waals surface area contributed by atoms with E-state index < -0.39 is 9.84 Å². The number of benzene rings is 1. The van der Waals surface area contributed by atoms with E-state index in [4.69, 9.17) is 0 Å². The van der Waals surface area contributed by atoms with Gasteiger partial charge in [-0.25, -0.2) is 8.42 Å². The Hall–Kier alpha value is -1.03. The van der Waals surface area contributed by atoms with Crippen molar-refractivity contribution in [3.8, 4) is 0 Å². The van der Waals surface area contributed by atoms with E-state index in [9.17, 15) is 8.42 Å². The first-order valence-corrected chi connectivity index (χ1v) is 13.2. The minimum absolute atomic E-state index is 0.182. The third-order valence-electron chi connectivity index (χ3n) is 7.12. The van der Waals surface area contributed by atoms with Crippen molar-refractivity contribution in [2.45, 2.75) is 83.3 Å². The van der Waals surface area contributed by atoms with Gasteiger partial charge in [0.2, 0.25) is 0 Å². The van der Waals surface area contributed by atoms with Crippen molar-refractivity contribution in [3.63, 3.8) is 0 Å². The van der Waals surface area contributed by atoms with Crippen molar-refractivity contribution >= 4 is 15.5 Å². The van der Waals surface area contributed by atoms with Gasteiger partial charge in [-0.05, 0) is 87.8 Å². The van der Waals surface area contributed by atoms with Crippen LogP contribution in [0.3, 0.4) is 0 Å². The minimum Gasteiger partial charge on any atom is -0.372 e. The molecule has 4 heteroatoms. The van der Waals surface area contributed by atoms with Gasteiger partial charge in [-0.15, -0.1) is 0 Å². The average molecular weight is 406 g/mol. The Kier molecular flexibility index (Phi) is 7.85. The van der Waals surface area contributed by atoms with Crippen molar-refractivity contribution in [1.29, 1.82) is 0 Å². The molecule has 0 aromatic heterocycles. The number of sulfone groups is 1. The van der Waals surface area contributed by atoms with Crippen molar-refractivity contribution in [2.24, 2.45) is 11.8 Å². The standard InChI is InChI=1S/C24H39NO2S/c1-3-20(2)28(26,27)19-23-11-9-21(10-12-23)7-8-22-13-15-24(16-14-22)25-17-5-4-6-18-25/h13-16,20-21,23H,3-12,17-19H2,1-2H3. The molecule has 3 nitrogen and oxygen atoms in total. The van der Waals surface area contributed by atoms with Crippen LogP contribution in [-0.2, 0) is 16.3 Å². The molecule has 0 N–H and O–H groups in total. The largest absolute Gasteiger partial charge is 0.372 e. The summed E-state index contributed by atoms with van der Waals surface area (Å²) in [7, 11) is -2.90. The van der Waals surface area contributed by atoms with Crippen molar-refractivity contribution < 1.29 is 8.42 Å². The zero-order chi connectivity index (χ0) is 20.0. The maximum absolute atomic E-state index is 12.4. The van der Waals surface area contributed by atoms with Crippen molar-refractivity contribution in [3.05, 3.63) is 29.8 Å². The number of rotatable bonds is 8. The summed E-state index contributed by atoms with van der Waals surface area (Å²) in [6, 6.07) is 9.23. The van der Waals surface area contributed by atoms with Crippen molar-refractivity contribution in [2.75, 3.05) is 23.7 Å². The first kappa shape index (κ1) is 21.7. The Bertz CT molecular complexity index is 684. The average Bonchev–Trinajstić information content (AvgIpc) is 2.73. The molecular weight excluding hydrogens is 366 g/mol. The molecule has 28 heavy (non-hydrogen) atoms. The molecule has 3 rings (SSSR count). The fourth-order valence-electron chi connectivity index (χ4n) is 4.83. The van der Waals surface area contributed by atoms with E-state index in [1.54, 1.807) is 0 Å². The lowest BCUT2D eigenvalue weighted by atomic mass is 9.80. The van der Waals surface area contributed by atoms with Crippen LogP contribution in [0.15, 0.2) is 24.3 Å². The van der Waals surface area contributed by atoms with Crippen LogP contribution in [0.2, 0.25) is 0 Å². The Labute approximate surface area is 172 Å². The van der Waals surface area contributed by atoms with Crippen molar-refractivity contribution in [1.82, 2.24) is 0 Å². The van der Waals surface area contributed by atoms with Crippen LogP contribution in [0.4, 0.5) is 5.69 Å². The van der Waals surface area contributed by atoms with E-state index in [1.807, 2.05) is 13.8 Å². The Morgan fingerprint density at radius 2 is 1.57 bits per heavy atom. The highest BCUT2D eigenvalue weighted by Gasteiger charge is 2.28. The molecule has 0 bridgehead atoms. The molecule has 1 aromatic rings. The third kappa shape index (κ3) is 5.98. The number of aryl methyl sites for hydroxylation is 1. The van der Waals surface area contributed by atoms with E-state index in [-0.39, 0.29) is 5.25 Å². The summed E-state index contributed by atoms with van der Waals surface area (Å²) in [4.78, 5) is 2.52. The number of nitrogens with zero attached hydrogens (tertiary/aromatic N) is 1. The SMILES string of the molecule is CCC(C)S(=O)(=O)CC1CCC(CCc2ccc(N3CCCCC3)cc2)CC1. The second-order valence-electron chi connectivity index (χ2n) is 9.19. The van der Waals surface area contributed by atoms with Gasteiger partial charge in [-0.1, -0.05) is 31.9 Å². The second kappa shape index (κ2) is 10.1. The smallest absolute Gasteiger partial charge is 0.153 e. The summed E-state index contributed by atoms with van der Waals surface area (Å²) < 4.78 is 24.7. The lowest BCUT2D eigenvalue weighted by molar-refractivity contribution is 0.278. The maximum atomic E-state index is 12.4. The highest BCUT2D eigenvalue weighted by Crippen LogP contribution is 2.33. The predicted molar refractivity (Wildman–Crippen MR) is 120 cm³/mol. The van der Waals surface area contributed by atoms with E-state index in [0.29, 0.717) is 11.7 Å². The molecule has 158 valence electrons. The zero-order valence-corrected chi connectivity index (χ0v) is 18.7. The lowest BCUT2D eigenvalue weighted by Gasteiger charge is -2.29. The quantitative estimate of drug-likeness (QED) is 0.562. The van der Waals surface area contributed by atoms with Crippen LogP contribution in [0.25, 0.3) is 0 Å². The highest BCUT2D eigenvalue weighted by atomic mass is 32.2. The Balaban J connectivity index is 1.40. The number of hydrogen-bond acceptors (Lipinski definition) is 3. The van der Waals surface area contributed by atoms with Gasteiger partial charge in [-0.3, -0.25) is 0 Å². The van der Waals surface area contributed by atoms with Gasteiger partial charge < -0.3 is 4.90 Å². The molecule has 1 atom stereocenters. The summed E-state index contributed by atoms with van der Waals surface area (Å²) in [5.41, 5.74) is 2.83. The van der Waals surface area contributed by atoms with Gasteiger partial charge in [0.05, 0.1) is 11.0 Å². The van der Waals surface area contributed by atoms with Crippen LogP contribution >= 0.6 is 0 Å². The Morgan fingerprint density at radius 3 is 2.18 bits per heavy atom. The Morgan fingerprint density at radius 1 is 0.964 bits per heavy atom. The molecule has 1 aliphatic carbocycles. The van der Waals surface area contributed by atoms with E-state index >= 15 is 0 Å². The number of anilines is 1. The van der Waals surface area contributed by atoms with Crippen LogP contribution in [0, 0.1) is 11.8 Å². The zero-order valence-electron chi connectivity index (χ0n) is 17.9. The van der Waals surface area contributed by atoms with E-state index in [1.165, 1.54) is 62.9 Å². The maximum Gasteiger partial charge on any atom is 0.153 e. The van der Waals surface area contributed by atoms with Gasteiger partial charge >= 0.3 is 0 Å². The topological polar surface area (TPSA) is 37.4 Å². The predicted octanol–water partition coefficient (Wildman–Crippen LogP) is 5.63. The van der Waals surface area contributed by atoms with Crippen LogP contribution < -0.4 is 4.90 Å². The molecule has 1 unspecified atom stereocenters. The number of hydrogen-bond donors (Lipinski definition) is 0. The summed E-state index contributed by atoms with van der Waals surface area (Å²) in [6.45, 7) is 6.24. The molecule has 1 aliphatic heterocycles. The fraction of sp³-hybridized carbons (Fsp3) is 0.750. The highest BCUT2D eigenvalue weighted by molar-refractivity contribution is 7.92. The molecule has 0 radical (unpaired) electrons. The first-order chi connectivity index (χ1) is 13.5.